The summed E-state index contributed by atoms with van der Waals surface area (Å²) in [7, 11) is 2.70. The van der Waals surface area contributed by atoms with Crippen LogP contribution in [-0.4, -0.2) is 50.0 Å². The number of rotatable bonds is 11. The fraction of sp³-hybridized carbons (Fsp3) is 0.219. The highest BCUT2D eigenvalue weighted by Crippen LogP contribution is 2.44. The van der Waals surface area contributed by atoms with E-state index in [1.807, 2.05) is 48.5 Å². The highest BCUT2D eigenvalue weighted by atomic mass is 16.6. The Morgan fingerprint density at radius 1 is 0.905 bits per heavy atom. The molecule has 1 atom stereocenters. The Kier molecular flexibility index (Phi) is 8.42. The van der Waals surface area contributed by atoms with Crippen LogP contribution in [0.1, 0.15) is 38.9 Å². The number of furan rings is 1. The third-order valence-corrected chi connectivity index (χ3v) is 7.05. The summed E-state index contributed by atoms with van der Waals surface area (Å²) in [6, 6.07) is 22.6. The highest BCUT2D eigenvalue weighted by molar-refractivity contribution is 5.86. The van der Waals surface area contributed by atoms with Gasteiger partial charge < -0.3 is 33.8 Å². The molecule has 1 aliphatic rings. The molecule has 1 aliphatic carbocycles. The number of hydrogen-bond acceptors (Lipinski definition) is 8. The first-order chi connectivity index (χ1) is 20.4. The SMILES string of the molecule is COC(=O)c1ccc(COc2c(CC(NC(=O)OCC3c4ccccc4-c4ccccc43)C(=O)O)cccc2OC)o1. The Labute approximate surface area is 241 Å². The molecule has 216 valence electrons. The normalized spacial score (nSPS) is 12.5. The molecule has 0 bridgehead atoms. The van der Waals surface area contributed by atoms with Crippen LogP contribution in [0.25, 0.3) is 11.1 Å². The second-order valence-corrected chi connectivity index (χ2v) is 9.56. The first kappa shape index (κ1) is 28.3. The monoisotopic (exact) mass is 571 g/mol. The molecule has 10 heteroatoms. The predicted octanol–water partition coefficient (Wildman–Crippen LogP) is 5.19. The van der Waals surface area contributed by atoms with Gasteiger partial charge in [0.05, 0.1) is 14.2 Å². The molecule has 1 aromatic heterocycles. The third-order valence-electron chi connectivity index (χ3n) is 7.05. The van der Waals surface area contributed by atoms with Crippen LogP contribution in [0.2, 0.25) is 0 Å². The van der Waals surface area contributed by atoms with Gasteiger partial charge in [-0.3, -0.25) is 0 Å². The van der Waals surface area contributed by atoms with Crippen molar-refractivity contribution in [3.05, 3.63) is 107 Å². The van der Waals surface area contributed by atoms with Crippen molar-refractivity contribution in [3.63, 3.8) is 0 Å². The van der Waals surface area contributed by atoms with Crippen LogP contribution in [0.5, 0.6) is 11.5 Å². The number of ether oxygens (including phenoxy) is 4. The minimum atomic E-state index is -1.32. The van der Waals surface area contributed by atoms with Crippen LogP contribution < -0.4 is 14.8 Å². The second-order valence-electron chi connectivity index (χ2n) is 9.56. The summed E-state index contributed by atoms with van der Waals surface area (Å²) in [6.45, 7) is -0.0155. The van der Waals surface area contributed by atoms with E-state index in [0.29, 0.717) is 17.1 Å². The first-order valence-electron chi connectivity index (χ1n) is 13.2. The molecule has 0 aliphatic heterocycles. The number of hydrogen-bond donors (Lipinski definition) is 2. The molecule has 4 aromatic rings. The molecule has 5 rings (SSSR count). The summed E-state index contributed by atoms with van der Waals surface area (Å²) in [5, 5.41) is 12.4. The predicted molar refractivity (Wildman–Crippen MR) is 151 cm³/mol. The van der Waals surface area contributed by atoms with Crippen LogP contribution in [0.3, 0.4) is 0 Å². The second kappa shape index (κ2) is 12.5. The number of aliphatic carboxylic acids is 1. The fourth-order valence-electron chi connectivity index (χ4n) is 5.06. The van der Waals surface area contributed by atoms with Crippen LogP contribution in [0, 0.1) is 0 Å². The van der Waals surface area contributed by atoms with Crippen molar-refractivity contribution in [2.75, 3.05) is 20.8 Å². The van der Waals surface area contributed by atoms with Crippen molar-refractivity contribution >= 4 is 18.0 Å². The molecule has 0 spiro atoms. The molecule has 2 N–H and O–H groups in total. The molecule has 0 saturated heterocycles. The van der Waals surface area contributed by atoms with Crippen molar-refractivity contribution in [1.82, 2.24) is 5.32 Å². The summed E-state index contributed by atoms with van der Waals surface area (Å²) in [5.41, 5.74) is 4.75. The zero-order chi connectivity index (χ0) is 29.6. The van der Waals surface area contributed by atoms with Gasteiger partial charge in [0.2, 0.25) is 5.76 Å². The quantitative estimate of drug-likeness (QED) is 0.233. The average molecular weight is 572 g/mol. The number of nitrogens with one attached hydrogen (secondary N) is 1. The number of alkyl carbamates (subject to hydrolysis) is 1. The maximum atomic E-state index is 12.8. The van der Waals surface area contributed by atoms with Crippen molar-refractivity contribution in [1.29, 1.82) is 0 Å². The summed E-state index contributed by atoms with van der Waals surface area (Å²) in [6.07, 6.45) is -0.960. The number of amides is 1. The Hall–Kier alpha value is -5.25. The molecule has 1 unspecified atom stereocenters. The summed E-state index contributed by atoms with van der Waals surface area (Å²) in [5.74, 6) is -1.03. The number of carboxylic acid groups (broad SMARTS) is 1. The maximum Gasteiger partial charge on any atom is 0.407 e. The van der Waals surface area contributed by atoms with Crippen LogP contribution in [0.4, 0.5) is 4.79 Å². The van der Waals surface area contributed by atoms with Crippen molar-refractivity contribution in [3.8, 4) is 22.6 Å². The van der Waals surface area contributed by atoms with E-state index in [1.54, 1.807) is 24.3 Å². The number of carbonyl (C=O) groups is 3. The summed E-state index contributed by atoms with van der Waals surface area (Å²) < 4.78 is 27.0. The van der Waals surface area contributed by atoms with E-state index in [2.05, 4.69) is 10.1 Å². The molecule has 0 fully saturated rings. The fourth-order valence-corrected chi connectivity index (χ4v) is 5.06. The smallest absolute Gasteiger partial charge is 0.407 e. The van der Waals surface area contributed by atoms with Crippen molar-refractivity contribution < 1.29 is 42.9 Å². The van der Waals surface area contributed by atoms with Crippen LogP contribution in [0.15, 0.2) is 83.3 Å². The van der Waals surface area contributed by atoms with Gasteiger partial charge in [-0.1, -0.05) is 60.7 Å². The number of methoxy groups -OCH3 is 2. The van der Waals surface area contributed by atoms with E-state index >= 15 is 0 Å². The van der Waals surface area contributed by atoms with Gasteiger partial charge in [0.1, 0.15) is 25.0 Å². The molecule has 1 heterocycles. The lowest BCUT2D eigenvalue weighted by atomic mass is 9.98. The van der Waals surface area contributed by atoms with Gasteiger partial charge >= 0.3 is 18.0 Å². The van der Waals surface area contributed by atoms with Crippen LogP contribution >= 0.6 is 0 Å². The molecule has 3 aromatic carbocycles. The Bertz CT molecular complexity index is 1560. The summed E-state index contributed by atoms with van der Waals surface area (Å²) >= 11 is 0. The Morgan fingerprint density at radius 2 is 1.60 bits per heavy atom. The van der Waals surface area contributed by atoms with E-state index in [-0.39, 0.29) is 37.1 Å². The van der Waals surface area contributed by atoms with E-state index in [0.717, 1.165) is 22.3 Å². The van der Waals surface area contributed by atoms with E-state index in [1.165, 1.54) is 20.3 Å². The minimum Gasteiger partial charge on any atom is -0.493 e. The van der Waals surface area contributed by atoms with Gasteiger partial charge in [-0.15, -0.1) is 0 Å². The molecular weight excluding hydrogens is 542 g/mol. The van der Waals surface area contributed by atoms with Gasteiger partial charge in [-0.2, -0.15) is 0 Å². The van der Waals surface area contributed by atoms with Gasteiger partial charge in [0.15, 0.2) is 11.5 Å². The lowest BCUT2D eigenvalue weighted by Crippen LogP contribution is -2.43. The molecule has 0 radical (unpaired) electrons. The molecular formula is C32H29NO9. The topological polar surface area (TPSA) is 134 Å². The van der Waals surface area contributed by atoms with E-state index < -0.39 is 24.1 Å². The molecule has 10 nitrogen and oxygen atoms in total. The maximum absolute atomic E-state index is 12.8. The van der Waals surface area contributed by atoms with Crippen molar-refractivity contribution in [2.45, 2.75) is 25.0 Å². The third kappa shape index (κ3) is 5.92. The zero-order valence-corrected chi connectivity index (χ0v) is 23.0. The number of benzene rings is 3. The minimum absolute atomic E-state index is 0.0228. The molecule has 42 heavy (non-hydrogen) atoms. The Morgan fingerprint density at radius 3 is 2.24 bits per heavy atom. The van der Waals surface area contributed by atoms with E-state index in [4.69, 9.17) is 18.6 Å². The van der Waals surface area contributed by atoms with Crippen molar-refractivity contribution in [2.24, 2.45) is 0 Å². The lowest BCUT2D eigenvalue weighted by Gasteiger charge is -2.19. The largest absolute Gasteiger partial charge is 0.493 e. The van der Waals surface area contributed by atoms with Crippen LogP contribution in [-0.2, 0) is 27.3 Å². The standard InChI is InChI=1S/C32H29NO9/c1-38-27-13-7-8-19(29(27)40-17-20-14-15-28(42-20)31(36)39-2)16-26(30(34)35)33-32(37)41-18-25-23-11-5-3-9-21(23)22-10-4-6-12-24(22)25/h3-15,25-26H,16-18H2,1-2H3,(H,33,37)(H,34,35). The number of para-hydroxylation sites is 1. The molecule has 1 amide bonds. The number of esters is 1. The Balaban J connectivity index is 1.26. The van der Waals surface area contributed by atoms with Gasteiger partial charge in [-0.05, 0) is 40.5 Å². The van der Waals surface area contributed by atoms with Gasteiger partial charge in [0, 0.05) is 17.9 Å². The number of fused-ring (bicyclic) bond motifs is 3. The lowest BCUT2D eigenvalue weighted by molar-refractivity contribution is -0.139. The van der Waals surface area contributed by atoms with Gasteiger partial charge in [0.25, 0.3) is 0 Å². The number of carbonyl (C=O) groups excluding carboxylic acids is 2. The number of carboxylic acids is 1. The highest BCUT2D eigenvalue weighted by Gasteiger charge is 2.30. The average Bonchev–Trinajstić information content (AvgIpc) is 3.61. The zero-order valence-electron chi connectivity index (χ0n) is 23.0. The first-order valence-corrected chi connectivity index (χ1v) is 13.2. The van der Waals surface area contributed by atoms with Gasteiger partial charge in [-0.25, -0.2) is 14.4 Å². The molecule has 0 saturated carbocycles. The summed E-state index contributed by atoms with van der Waals surface area (Å²) in [4.78, 5) is 36.7. The van der Waals surface area contributed by atoms with E-state index in [9.17, 15) is 19.5 Å².